The zero-order chi connectivity index (χ0) is 11.5. The van der Waals surface area contributed by atoms with E-state index in [9.17, 15) is 4.79 Å². The van der Waals surface area contributed by atoms with Gasteiger partial charge in [0.15, 0.2) is 6.29 Å². The first kappa shape index (κ1) is 12.1. The second-order valence-electron chi connectivity index (χ2n) is 3.62. The van der Waals surface area contributed by atoms with Crippen LogP contribution in [0.5, 0.6) is 0 Å². The van der Waals surface area contributed by atoms with Gasteiger partial charge in [0.05, 0.1) is 0 Å². The fourth-order valence-electron chi connectivity index (χ4n) is 1.82. The molecule has 0 aliphatic heterocycles. The van der Waals surface area contributed by atoms with Gasteiger partial charge >= 0.3 is 0 Å². The number of alkyl halides is 1. The first-order chi connectivity index (χ1) is 7.76. The Kier molecular flexibility index (Phi) is 4.02. The number of aldehydes is 1. The molecule has 16 heavy (non-hydrogen) atoms. The molecule has 1 N–H and O–H groups in total. The van der Waals surface area contributed by atoms with Crippen LogP contribution in [0, 0.1) is 0 Å². The Morgan fingerprint density at radius 1 is 1.44 bits per heavy atom. The molecule has 0 unspecified atom stereocenters. The molecule has 0 saturated heterocycles. The van der Waals surface area contributed by atoms with E-state index in [4.69, 9.17) is 0 Å². The topological polar surface area (TPSA) is 32.9 Å². The number of carbonyl (C=O) groups excluding carboxylic acids is 1. The molecule has 0 aliphatic rings. The van der Waals surface area contributed by atoms with Crippen molar-refractivity contribution in [3.8, 4) is 0 Å². The Bertz CT molecular complexity index is 521. The number of nitrogens with one attached hydrogen (secondary N) is 1. The molecular formula is C12H11BrINO. The largest absolute Gasteiger partial charge is 0.358 e. The van der Waals surface area contributed by atoms with Gasteiger partial charge in [0.1, 0.15) is 0 Å². The van der Waals surface area contributed by atoms with Crippen molar-refractivity contribution in [1.82, 2.24) is 4.98 Å². The maximum atomic E-state index is 11.1. The zero-order valence-corrected chi connectivity index (χ0v) is 12.3. The van der Waals surface area contributed by atoms with E-state index in [0.717, 1.165) is 50.2 Å². The molecule has 2 nitrogen and oxygen atoms in total. The SMILES string of the molecule is O=Cc1c(CCCI)[nH]c2ccc(Br)cc12. The molecule has 2 aromatic rings. The third kappa shape index (κ3) is 2.32. The summed E-state index contributed by atoms with van der Waals surface area (Å²) in [5, 5.41) is 1.01. The molecule has 2 rings (SSSR count). The summed E-state index contributed by atoms with van der Waals surface area (Å²) in [6.45, 7) is 0. The van der Waals surface area contributed by atoms with Crippen molar-refractivity contribution in [2.45, 2.75) is 12.8 Å². The number of benzene rings is 1. The maximum absolute atomic E-state index is 11.1. The normalized spacial score (nSPS) is 10.9. The number of aryl methyl sites for hydroxylation is 1. The van der Waals surface area contributed by atoms with Crippen molar-refractivity contribution in [1.29, 1.82) is 0 Å². The van der Waals surface area contributed by atoms with Gasteiger partial charge in [-0.05, 0) is 35.5 Å². The van der Waals surface area contributed by atoms with Crippen molar-refractivity contribution in [3.05, 3.63) is 33.9 Å². The van der Waals surface area contributed by atoms with Gasteiger partial charge < -0.3 is 4.98 Å². The number of rotatable bonds is 4. The number of halogens is 2. The number of H-pyrrole nitrogens is 1. The molecule has 0 spiro atoms. The Hall–Kier alpha value is -0.360. The van der Waals surface area contributed by atoms with E-state index in [1.54, 1.807) is 0 Å². The van der Waals surface area contributed by atoms with Crippen molar-refractivity contribution >= 4 is 55.7 Å². The molecule has 1 aromatic heterocycles. The number of fused-ring (bicyclic) bond motifs is 1. The molecule has 4 heteroatoms. The van der Waals surface area contributed by atoms with Crippen LogP contribution in [0.3, 0.4) is 0 Å². The van der Waals surface area contributed by atoms with E-state index in [0.29, 0.717) is 0 Å². The molecule has 1 heterocycles. The molecule has 1 aromatic carbocycles. The third-order valence-electron chi connectivity index (χ3n) is 2.56. The number of carbonyl (C=O) groups is 1. The second kappa shape index (κ2) is 5.31. The Labute approximate surface area is 116 Å². The minimum atomic E-state index is 0.807. The van der Waals surface area contributed by atoms with Gasteiger partial charge in [-0.25, -0.2) is 0 Å². The van der Waals surface area contributed by atoms with E-state index in [2.05, 4.69) is 43.5 Å². The van der Waals surface area contributed by atoms with Gasteiger partial charge in [-0.3, -0.25) is 4.79 Å². The Morgan fingerprint density at radius 3 is 2.94 bits per heavy atom. The van der Waals surface area contributed by atoms with Crippen LogP contribution in [0.4, 0.5) is 0 Å². The molecule has 0 aliphatic carbocycles. The van der Waals surface area contributed by atoms with E-state index in [1.807, 2.05) is 18.2 Å². The number of hydrogen-bond donors (Lipinski definition) is 1. The summed E-state index contributed by atoms with van der Waals surface area (Å²) in [4.78, 5) is 14.5. The third-order valence-corrected chi connectivity index (χ3v) is 3.82. The van der Waals surface area contributed by atoms with Crippen molar-refractivity contribution in [3.63, 3.8) is 0 Å². The number of hydrogen-bond acceptors (Lipinski definition) is 1. The van der Waals surface area contributed by atoms with Crippen LogP contribution in [-0.2, 0) is 6.42 Å². The van der Waals surface area contributed by atoms with E-state index < -0.39 is 0 Å². The molecule has 84 valence electrons. The highest BCUT2D eigenvalue weighted by Crippen LogP contribution is 2.25. The highest BCUT2D eigenvalue weighted by Gasteiger charge is 2.10. The fraction of sp³-hybridized carbons (Fsp3) is 0.250. The summed E-state index contributed by atoms with van der Waals surface area (Å²) >= 11 is 5.78. The highest BCUT2D eigenvalue weighted by molar-refractivity contribution is 14.1. The summed E-state index contributed by atoms with van der Waals surface area (Å²) < 4.78 is 2.11. The highest BCUT2D eigenvalue weighted by atomic mass is 127. The predicted molar refractivity (Wildman–Crippen MR) is 78.6 cm³/mol. The maximum Gasteiger partial charge on any atom is 0.152 e. The monoisotopic (exact) mass is 391 g/mol. The lowest BCUT2D eigenvalue weighted by Gasteiger charge is -1.96. The van der Waals surface area contributed by atoms with Crippen LogP contribution in [0.15, 0.2) is 22.7 Å². The van der Waals surface area contributed by atoms with Gasteiger partial charge in [0.2, 0.25) is 0 Å². The molecule has 0 bridgehead atoms. The van der Waals surface area contributed by atoms with Crippen LogP contribution in [0.2, 0.25) is 0 Å². The summed E-state index contributed by atoms with van der Waals surface area (Å²) in [5.41, 5.74) is 2.90. The Balaban J connectivity index is 2.53. The second-order valence-corrected chi connectivity index (χ2v) is 5.61. The molecular weight excluding hydrogens is 381 g/mol. The molecule has 0 atom stereocenters. The van der Waals surface area contributed by atoms with Crippen molar-refractivity contribution in [2.75, 3.05) is 4.43 Å². The lowest BCUT2D eigenvalue weighted by atomic mass is 10.1. The van der Waals surface area contributed by atoms with Crippen LogP contribution in [0.25, 0.3) is 10.9 Å². The fourth-order valence-corrected chi connectivity index (χ4v) is 2.56. The van der Waals surface area contributed by atoms with Crippen LogP contribution in [-0.4, -0.2) is 15.7 Å². The van der Waals surface area contributed by atoms with E-state index in [-0.39, 0.29) is 0 Å². The van der Waals surface area contributed by atoms with Crippen molar-refractivity contribution in [2.24, 2.45) is 0 Å². The summed E-state index contributed by atoms with van der Waals surface area (Å²) in [6.07, 6.45) is 2.98. The van der Waals surface area contributed by atoms with Gasteiger partial charge in [-0.1, -0.05) is 38.5 Å². The van der Waals surface area contributed by atoms with Gasteiger partial charge in [-0.2, -0.15) is 0 Å². The average Bonchev–Trinajstić information content (AvgIpc) is 2.63. The number of aromatic amines is 1. The first-order valence-electron chi connectivity index (χ1n) is 5.07. The van der Waals surface area contributed by atoms with Crippen LogP contribution < -0.4 is 0 Å². The summed E-state index contributed by atoms with van der Waals surface area (Å²) in [6, 6.07) is 5.97. The quantitative estimate of drug-likeness (QED) is 0.474. The molecule has 0 radical (unpaired) electrons. The lowest BCUT2D eigenvalue weighted by Crippen LogP contribution is -1.91. The van der Waals surface area contributed by atoms with E-state index >= 15 is 0 Å². The van der Waals surface area contributed by atoms with Gasteiger partial charge in [0.25, 0.3) is 0 Å². The molecule has 0 saturated carbocycles. The minimum Gasteiger partial charge on any atom is -0.358 e. The van der Waals surface area contributed by atoms with Gasteiger partial charge in [-0.15, -0.1) is 0 Å². The first-order valence-corrected chi connectivity index (χ1v) is 7.39. The number of aromatic nitrogens is 1. The summed E-state index contributed by atoms with van der Waals surface area (Å²) in [5.74, 6) is 0. The average molecular weight is 392 g/mol. The smallest absolute Gasteiger partial charge is 0.152 e. The van der Waals surface area contributed by atoms with Crippen LogP contribution in [0.1, 0.15) is 22.5 Å². The molecule has 0 amide bonds. The summed E-state index contributed by atoms with van der Waals surface area (Å²) in [7, 11) is 0. The van der Waals surface area contributed by atoms with Crippen LogP contribution >= 0.6 is 38.5 Å². The molecule has 0 fully saturated rings. The standard InChI is InChI=1S/C12H11BrINO/c13-8-3-4-12-9(6-8)10(7-16)11(15-12)2-1-5-14/h3-4,6-7,15H,1-2,5H2. The minimum absolute atomic E-state index is 0.807. The lowest BCUT2D eigenvalue weighted by molar-refractivity contribution is 0.112. The Morgan fingerprint density at radius 2 is 2.25 bits per heavy atom. The van der Waals surface area contributed by atoms with Crippen molar-refractivity contribution < 1.29 is 4.79 Å². The predicted octanol–water partition coefficient (Wildman–Crippen LogP) is 4.11. The zero-order valence-electron chi connectivity index (χ0n) is 8.59. The van der Waals surface area contributed by atoms with E-state index in [1.165, 1.54) is 0 Å². The van der Waals surface area contributed by atoms with Gasteiger partial charge in [0, 0.05) is 26.6 Å².